The smallest absolute Gasteiger partial charge is 0.320 e. The number of aliphatic carboxylic acids is 1. The number of benzene rings is 1. The standard InChI is InChI=1S/C16H23NO2/c1-11(2)9-12-5-3-6-13(10-12)14-7-4-8-15(17-14)16(18)19/h3,5-6,10-11,14-15,17H,4,7-9H2,1-2H3,(H,18,19). The van der Waals surface area contributed by atoms with Crippen LogP contribution in [0.3, 0.4) is 0 Å². The fourth-order valence-corrected chi connectivity index (χ4v) is 2.80. The van der Waals surface area contributed by atoms with Crippen molar-refractivity contribution < 1.29 is 9.90 Å². The zero-order valence-corrected chi connectivity index (χ0v) is 11.7. The summed E-state index contributed by atoms with van der Waals surface area (Å²) in [4.78, 5) is 11.1. The number of nitrogens with one attached hydrogen (secondary N) is 1. The fraction of sp³-hybridized carbons (Fsp3) is 0.562. The summed E-state index contributed by atoms with van der Waals surface area (Å²) in [6.45, 7) is 4.43. The lowest BCUT2D eigenvalue weighted by molar-refractivity contribution is -0.140. The fourth-order valence-electron chi connectivity index (χ4n) is 2.80. The largest absolute Gasteiger partial charge is 0.480 e. The molecule has 2 unspecified atom stereocenters. The van der Waals surface area contributed by atoms with Crippen molar-refractivity contribution in [1.82, 2.24) is 5.32 Å². The number of piperidine rings is 1. The van der Waals surface area contributed by atoms with Gasteiger partial charge in [-0.05, 0) is 42.7 Å². The first-order chi connectivity index (χ1) is 9.06. The summed E-state index contributed by atoms with van der Waals surface area (Å²) in [7, 11) is 0. The third-order valence-electron chi connectivity index (χ3n) is 3.68. The van der Waals surface area contributed by atoms with Crippen LogP contribution in [0.15, 0.2) is 24.3 Å². The van der Waals surface area contributed by atoms with Crippen molar-refractivity contribution in [2.75, 3.05) is 0 Å². The Morgan fingerprint density at radius 1 is 1.42 bits per heavy atom. The number of carboxylic acids is 1. The van der Waals surface area contributed by atoms with Gasteiger partial charge in [-0.15, -0.1) is 0 Å². The number of hydrogen-bond donors (Lipinski definition) is 2. The van der Waals surface area contributed by atoms with Crippen LogP contribution in [-0.2, 0) is 11.2 Å². The second-order valence-corrected chi connectivity index (χ2v) is 5.88. The molecule has 1 aliphatic heterocycles. The first-order valence-corrected chi connectivity index (χ1v) is 7.14. The van der Waals surface area contributed by atoms with E-state index in [4.69, 9.17) is 5.11 Å². The van der Waals surface area contributed by atoms with Crippen LogP contribution in [0.5, 0.6) is 0 Å². The molecule has 1 fully saturated rings. The van der Waals surface area contributed by atoms with Gasteiger partial charge in [0.05, 0.1) is 0 Å². The maximum absolute atomic E-state index is 11.1. The number of carbonyl (C=O) groups is 1. The predicted molar refractivity (Wildman–Crippen MR) is 76.1 cm³/mol. The van der Waals surface area contributed by atoms with Gasteiger partial charge in [-0.25, -0.2) is 0 Å². The van der Waals surface area contributed by atoms with Crippen molar-refractivity contribution in [3.05, 3.63) is 35.4 Å². The molecule has 0 aliphatic carbocycles. The lowest BCUT2D eigenvalue weighted by Crippen LogP contribution is -2.42. The van der Waals surface area contributed by atoms with Gasteiger partial charge in [0, 0.05) is 6.04 Å². The zero-order valence-electron chi connectivity index (χ0n) is 11.7. The Morgan fingerprint density at radius 3 is 2.89 bits per heavy atom. The predicted octanol–water partition coefficient (Wildman–Crippen LogP) is 3.15. The lowest BCUT2D eigenvalue weighted by Gasteiger charge is -2.29. The molecule has 1 aliphatic rings. The average molecular weight is 261 g/mol. The Morgan fingerprint density at radius 2 is 2.21 bits per heavy atom. The molecule has 1 aromatic carbocycles. The summed E-state index contributed by atoms with van der Waals surface area (Å²) >= 11 is 0. The highest BCUT2D eigenvalue weighted by atomic mass is 16.4. The first kappa shape index (κ1) is 14.1. The molecule has 104 valence electrons. The molecule has 3 nitrogen and oxygen atoms in total. The number of carboxylic acid groups (broad SMARTS) is 1. The Bertz CT molecular complexity index is 442. The van der Waals surface area contributed by atoms with Crippen molar-refractivity contribution in [3.63, 3.8) is 0 Å². The second kappa shape index (κ2) is 6.20. The maximum atomic E-state index is 11.1. The molecule has 2 rings (SSSR count). The molecule has 1 heterocycles. The highest BCUT2D eigenvalue weighted by Crippen LogP contribution is 2.26. The van der Waals surface area contributed by atoms with Gasteiger partial charge in [-0.3, -0.25) is 10.1 Å². The molecule has 0 amide bonds. The van der Waals surface area contributed by atoms with E-state index in [1.54, 1.807) is 0 Å². The Balaban J connectivity index is 2.10. The number of hydrogen-bond acceptors (Lipinski definition) is 2. The Hall–Kier alpha value is -1.35. The Kier molecular flexibility index (Phi) is 4.59. The van der Waals surface area contributed by atoms with Gasteiger partial charge in [0.15, 0.2) is 0 Å². The molecular weight excluding hydrogens is 238 g/mol. The van der Waals surface area contributed by atoms with Crippen molar-refractivity contribution in [3.8, 4) is 0 Å². The highest BCUT2D eigenvalue weighted by molar-refractivity contribution is 5.73. The monoisotopic (exact) mass is 261 g/mol. The van der Waals surface area contributed by atoms with E-state index in [2.05, 4.69) is 43.4 Å². The minimum atomic E-state index is -0.733. The van der Waals surface area contributed by atoms with Gasteiger partial charge in [-0.1, -0.05) is 38.1 Å². The van der Waals surface area contributed by atoms with Crippen LogP contribution in [0.2, 0.25) is 0 Å². The van der Waals surface area contributed by atoms with E-state index in [1.807, 2.05) is 0 Å². The molecule has 1 aromatic rings. The van der Waals surface area contributed by atoms with Crippen LogP contribution in [0.4, 0.5) is 0 Å². The molecular formula is C16H23NO2. The van der Waals surface area contributed by atoms with Gasteiger partial charge in [0.25, 0.3) is 0 Å². The van der Waals surface area contributed by atoms with E-state index in [-0.39, 0.29) is 6.04 Å². The molecule has 2 atom stereocenters. The van der Waals surface area contributed by atoms with E-state index < -0.39 is 12.0 Å². The van der Waals surface area contributed by atoms with Crippen LogP contribution >= 0.6 is 0 Å². The molecule has 0 spiro atoms. The minimum absolute atomic E-state index is 0.182. The van der Waals surface area contributed by atoms with Crippen LogP contribution in [0.25, 0.3) is 0 Å². The van der Waals surface area contributed by atoms with Crippen molar-refractivity contribution in [2.24, 2.45) is 5.92 Å². The summed E-state index contributed by atoms with van der Waals surface area (Å²) in [5.74, 6) is -0.0932. The summed E-state index contributed by atoms with van der Waals surface area (Å²) in [6, 6.07) is 8.35. The SMILES string of the molecule is CC(C)Cc1cccc(C2CCCC(C(=O)O)N2)c1. The summed E-state index contributed by atoms with van der Waals surface area (Å²) < 4.78 is 0. The van der Waals surface area contributed by atoms with Gasteiger partial charge in [-0.2, -0.15) is 0 Å². The van der Waals surface area contributed by atoms with E-state index in [1.165, 1.54) is 11.1 Å². The summed E-state index contributed by atoms with van der Waals surface area (Å²) in [6.07, 6.45) is 3.80. The lowest BCUT2D eigenvalue weighted by atomic mass is 9.91. The highest BCUT2D eigenvalue weighted by Gasteiger charge is 2.26. The average Bonchev–Trinajstić information content (AvgIpc) is 2.38. The molecule has 0 aromatic heterocycles. The van der Waals surface area contributed by atoms with Crippen molar-refractivity contribution >= 4 is 5.97 Å². The molecule has 1 saturated heterocycles. The van der Waals surface area contributed by atoms with E-state index >= 15 is 0 Å². The maximum Gasteiger partial charge on any atom is 0.320 e. The van der Waals surface area contributed by atoms with Crippen LogP contribution in [0, 0.1) is 5.92 Å². The van der Waals surface area contributed by atoms with Crippen molar-refractivity contribution in [2.45, 2.75) is 51.6 Å². The summed E-state index contributed by atoms with van der Waals surface area (Å²) in [5.41, 5.74) is 2.57. The molecule has 0 bridgehead atoms. The van der Waals surface area contributed by atoms with E-state index in [9.17, 15) is 4.79 Å². The van der Waals surface area contributed by atoms with Gasteiger partial charge >= 0.3 is 5.97 Å². The summed E-state index contributed by atoms with van der Waals surface area (Å²) in [5, 5.41) is 12.4. The Labute approximate surface area is 115 Å². The third-order valence-corrected chi connectivity index (χ3v) is 3.68. The van der Waals surface area contributed by atoms with Crippen LogP contribution in [-0.4, -0.2) is 17.1 Å². The quantitative estimate of drug-likeness (QED) is 0.875. The molecule has 2 N–H and O–H groups in total. The second-order valence-electron chi connectivity index (χ2n) is 5.88. The van der Waals surface area contributed by atoms with Gasteiger partial charge in [0.1, 0.15) is 6.04 Å². The number of rotatable bonds is 4. The molecule has 0 radical (unpaired) electrons. The zero-order chi connectivity index (χ0) is 13.8. The van der Waals surface area contributed by atoms with Gasteiger partial charge < -0.3 is 5.11 Å². The van der Waals surface area contributed by atoms with Gasteiger partial charge in [0.2, 0.25) is 0 Å². The van der Waals surface area contributed by atoms with Crippen molar-refractivity contribution in [1.29, 1.82) is 0 Å². The topological polar surface area (TPSA) is 49.3 Å². The van der Waals surface area contributed by atoms with E-state index in [0.29, 0.717) is 5.92 Å². The minimum Gasteiger partial charge on any atom is -0.480 e. The molecule has 3 heteroatoms. The van der Waals surface area contributed by atoms with Crippen LogP contribution < -0.4 is 5.32 Å². The first-order valence-electron chi connectivity index (χ1n) is 7.14. The molecule has 19 heavy (non-hydrogen) atoms. The third kappa shape index (κ3) is 3.80. The normalized spacial score (nSPS) is 23.5. The van der Waals surface area contributed by atoms with Crippen LogP contribution in [0.1, 0.15) is 50.3 Å². The molecule has 0 saturated carbocycles. The van der Waals surface area contributed by atoms with E-state index in [0.717, 1.165) is 25.7 Å².